The number of pyridine rings is 1. The van der Waals surface area contributed by atoms with Crippen LogP contribution in [0.25, 0.3) is 0 Å². The summed E-state index contributed by atoms with van der Waals surface area (Å²) < 4.78 is 26.1. The van der Waals surface area contributed by atoms with Gasteiger partial charge in [-0.15, -0.1) is 0 Å². The molecular weight excluding hydrogens is 364 g/mol. The number of nitrogens with one attached hydrogen (secondary N) is 1. The first-order chi connectivity index (χ1) is 11.9. The van der Waals surface area contributed by atoms with Gasteiger partial charge in [-0.25, -0.2) is 0 Å². The highest BCUT2D eigenvalue weighted by Crippen LogP contribution is 2.25. The highest BCUT2D eigenvalue weighted by molar-refractivity contribution is 7.90. The number of hydrogen-bond acceptors (Lipinski definition) is 5. The molecule has 7 nitrogen and oxygen atoms in total. The summed E-state index contributed by atoms with van der Waals surface area (Å²) in [7, 11) is -3.97. The second-order valence-electron chi connectivity index (χ2n) is 5.21. The lowest BCUT2D eigenvalue weighted by Crippen LogP contribution is -2.15. The molecule has 1 N–H and O–H groups in total. The maximum Gasteiger partial charge on any atom is 0.284 e. The Labute approximate surface area is 149 Å². The predicted molar refractivity (Wildman–Crippen MR) is 93.2 cm³/mol. The molecule has 0 fully saturated rings. The van der Waals surface area contributed by atoms with Gasteiger partial charge in [-0.2, -0.15) is 17.6 Å². The van der Waals surface area contributed by atoms with Gasteiger partial charge in [0.05, 0.1) is 23.1 Å². The Morgan fingerprint density at radius 1 is 1.24 bits per heavy atom. The summed E-state index contributed by atoms with van der Waals surface area (Å²) in [4.78, 5) is 15.9. The van der Waals surface area contributed by atoms with Crippen molar-refractivity contribution in [2.24, 2.45) is 0 Å². The van der Waals surface area contributed by atoms with Crippen LogP contribution in [0.15, 0.2) is 59.9 Å². The van der Waals surface area contributed by atoms with Crippen molar-refractivity contribution in [1.82, 2.24) is 14.2 Å². The van der Waals surface area contributed by atoms with Gasteiger partial charge in [0, 0.05) is 6.20 Å². The van der Waals surface area contributed by atoms with Crippen molar-refractivity contribution >= 4 is 33.2 Å². The molecule has 0 bridgehead atoms. The van der Waals surface area contributed by atoms with Crippen LogP contribution in [0.2, 0.25) is 5.02 Å². The molecule has 0 aliphatic rings. The summed E-state index contributed by atoms with van der Waals surface area (Å²) in [6.45, 7) is 1.76. The van der Waals surface area contributed by atoms with Crippen molar-refractivity contribution in [3.05, 3.63) is 71.3 Å². The Balaban J connectivity index is 1.88. The van der Waals surface area contributed by atoms with Crippen LogP contribution in [-0.2, 0) is 10.0 Å². The van der Waals surface area contributed by atoms with E-state index in [0.29, 0.717) is 0 Å². The van der Waals surface area contributed by atoms with Crippen molar-refractivity contribution in [3.63, 3.8) is 0 Å². The number of amides is 1. The molecule has 0 saturated carbocycles. The number of carbonyl (C=O) groups is 1. The number of halogens is 1. The lowest BCUT2D eigenvalue weighted by Gasteiger charge is -2.07. The number of hydrogen-bond donors (Lipinski definition) is 1. The fourth-order valence-electron chi connectivity index (χ4n) is 2.10. The summed E-state index contributed by atoms with van der Waals surface area (Å²) >= 11 is 6.00. The summed E-state index contributed by atoms with van der Waals surface area (Å²) in [6, 6.07) is 9.59. The van der Waals surface area contributed by atoms with E-state index in [-0.39, 0.29) is 21.3 Å². The van der Waals surface area contributed by atoms with Crippen LogP contribution in [0, 0.1) is 6.92 Å². The average molecular weight is 377 g/mol. The van der Waals surface area contributed by atoms with E-state index in [2.05, 4.69) is 15.4 Å². The Kier molecular flexibility index (Phi) is 4.56. The van der Waals surface area contributed by atoms with Crippen LogP contribution < -0.4 is 5.32 Å². The standard InChI is InChI=1S/C16H13ClN4O3S/c1-11-5-6-13(17)15(8-11)25(23,24)21-10-12(9-19-21)20-16(22)14-4-2-3-7-18-14/h2-10H,1H3,(H,20,22). The minimum absolute atomic E-state index is 0.0557. The molecule has 25 heavy (non-hydrogen) atoms. The smallest absolute Gasteiger partial charge is 0.284 e. The molecule has 0 aliphatic heterocycles. The molecule has 2 aromatic heterocycles. The molecule has 0 atom stereocenters. The molecule has 3 rings (SSSR count). The minimum atomic E-state index is -3.97. The molecule has 0 radical (unpaired) electrons. The summed E-state index contributed by atoms with van der Waals surface area (Å²) in [6.07, 6.45) is 3.93. The first-order valence-electron chi connectivity index (χ1n) is 7.17. The van der Waals surface area contributed by atoms with Crippen molar-refractivity contribution in [2.75, 3.05) is 5.32 Å². The normalized spacial score (nSPS) is 11.3. The van der Waals surface area contributed by atoms with Crippen molar-refractivity contribution in [3.8, 4) is 0 Å². The lowest BCUT2D eigenvalue weighted by molar-refractivity contribution is 0.102. The van der Waals surface area contributed by atoms with Gasteiger partial charge in [0.1, 0.15) is 10.6 Å². The van der Waals surface area contributed by atoms with E-state index in [1.165, 1.54) is 30.7 Å². The van der Waals surface area contributed by atoms with Gasteiger partial charge in [-0.1, -0.05) is 23.7 Å². The Hall–Kier alpha value is -2.71. The van der Waals surface area contributed by atoms with Crippen LogP contribution in [-0.4, -0.2) is 28.5 Å². The van der Waals surface area contributed by atoms with Gasteiger partial charge in [0.2, 0.25) is 0 Å². The molecular formula is C16H13ClN4O3S. The number of benzene rings is 1. The minimum Gasteiger partial charge on any atom is -0.318 e. The molecule has 0 saturated heterocycles. The Morgan fingerprint density at radius 2 is 2.04 bits per heavy atom. The van der Waals surface area contributed by atoms with Crippen molar-refractivity contribution in [2.45, 2.75) is 11.8 Å². The van der Waals surface area contributed by atoms with Crippen molar-refractivity contribution < 1.29 is 13.2 Å². The third-order valence-corrected chi connectivity index (χ3v) is 5.35. The Morgan fingerprint density at radius 3 is 2.76 bits per heavy atom. The van der Waals surface area contributed by atoms with E-state index in [4.69, 9.17) is 11.6 Å². The average Bonchev–Trinajstić information content (AvgIpc) is 3.07. The molecule has 1 amide bonds. The van der Waals surface area contributed by atoms with Crippen LogP contribution >= 0.6 is 11.6 Å². The zero-order chi connectivity index (χ0) is 18.0. The molecule has 128 valence electrons. The maximum absolute atomic E-state index is 12.7. The number of aryl methyl sites for hydroxylation is 1. The monoisotopic (exact) mass is 376 g/mol. The maximum atomic E-state index is 12.7. The molecule has 1 aromatic carbocycles. The number of carbonyl (C=O) groups excluding carboxylic acids is 1. The van der Waals surface area contributed by atoms with Crippen LogP contribution in [0.4, 0.5) is 5.69 Å². The van der Waals surface area contributed by atoms with E-state index >= 15 is 0 Å². The number of aromatic nitrogens is 3. The first-order valence-corrected chi connectivity index (χ1v) is 8.98. The topological polar surface area (TPSA) is 94.0 Å². The quantitative estimate of drug-likeness (QED) is 0.755. The zero-order valence-corrected chi connectivity index (χ0v) is 14.6. The third kappa shape index (κ3) is 3.54. The van der Waals surface area contributed by atoms with E-state index in [9.17, 15) is 13.2 Å². The van der Waals surface area contributed by atoms with E-state index < -0.39 is 15.9 Å². The van der Waals surface area contributed by atoms with E-state index in [1.54, 1.807) is 31.2 Å². The Bertz CT molecular complexity index is 1030. The highest BCUT2D eigenvalue weighted by atomic mass is 35.5. The predicted octanol–water partition coefficient (Wildman–Crippen LogP) is 2.73. The van der Waals surface area contributed by atoms with Gasteiger partial charge in [0.25, 0.3) is 15.9 Å². The molecule has 3 aromatic rings. The molecule has 0 spiro atoms. The van der Waals surface area contributed by atoms with Crippen LogP contribution in [0.5, 0.6) is 0 Å². The number of rotatable bonds is 4. The summed E-state index contributed by atoms with van der Waals surface area (Å²) in [5.74, 6) is -0.467. The van der Waals surface area contributed by atoms with E-state index in [1.807, 2.05) is 0 Å². The highest BCUT2D eigenvalue weighted by Gasteiger charge is 2.22. The van der Waals surface area contributed by atoms with Crippen LogP contribution in [0.3, 0.4) is 0 Å². The second-order valence-corrected chi connectivity index (χ2v) is 7.38. The molecule has 9 heteroatoms. The zero-order valence-electron chi connectivity index (χ0n) is 13.0. The lowest BCUT2D eigenvalue weighted by atomic mass is 10.2. The SMILES string of the molecule is Cc1ccc(Cl)c(S(=O)(=O)n2cc(NC(=O)c3ccccn3)cn2)c1. The van der Waals surface area contributed by atoms with Gasteiger partial charge in [-0.3, -0.25) is 9.78 Å². The van der Waals surface area contributed by atoms with Gasteiger partial charge in [0.15, 0.2) is 0 Å². The third-order valence-electron chi connectivity index (χ3n) is 3.33. The first kappa shape index (κ1) is 17.1. The molecule has 0 aliphatic carbocycles. The molecule has 2 heterocycles. The number of nitrogens with zero attached hydrogens (tertiary/aromatic N) is 3. The number of anilines is 1. The van der Waals surface area contributed by atoms with Gasteiger partial charge >= 0.3 is 0 Å². The summed E-state index contributed by atoms with van der Waals surface area (Å²) in [5, 5.41) is 6.46. The second kappa shape index (κ2) is 6.66. The largest absolute Gasteiger partial charge is 0.318 e. The summed E-state index contributed by atoms with van der Waals surface area (Å²) in [5.41, 5.74) is 1.18. The fraction of sp³-hybridized carbons (Fsp3) is 0.0625. The van der Waals surface area contributed by atoms with Gasteiger partial charge in [-0.05, 0) is 36.8 Å². The van der Waals surface area contributed by atoms with E-state index in [0.717, 1.165) is 9.65 Å². The molecule has 0 unspecified atom stereocenters. The van der Waals surface area contributed by atoms with Crippen LogP contribution in [0.1, 0.15) is 16.1 Å². The fourth-order valence-corrected chi connectivity index (χ4v) is 3.79. The van der Waals surface area contributed by atoms with Gasteiger partial charge < -0.3 is 5.32 Å². The van der Waals surface area contributed by atoms with Crippen molar-refractivity contribution in [1.29, 1.82) is 0 Å².